The van der Waals surface area contributed by atoms with Gasteiger partial charge >= 0.3 is 0 Å². The molecule has 3 aromatic rings. The van der Waals surface area contributed by atoms with Gasteiger partial charge in [-0.25, -0.2) is 9.97 Å². The Hall–Kier alpha value is -3.16. The average molecular weight is 393 g/mol. The quantitative estimate of drug-likeness (QED) is 0.716. The van der Waals surface area contributed by atoms with Gasteiger partial charge in [-0.2, -0.15) is 0 Å². The fourth-order valence-electron chi connectivity index (χ4n) is 4.63. The van der Waals surface area contributed by atoms with Gasteiger partial charge in [0.25, 0.3) is 11.8 Å². The number of carbonyl (C=O) groups is 2. The van der Waals surface area contributed by atoms with Crippen LogP contribution in [-0.4, -0.2) is 50.7 Å². The zero-order chi connectivity index (χ0) is 20.1. The number of hydrogen-bond acceptors (Lipinski definition) is 5. The van der Waals surface area contributed by atoms with E-state index in [9.17, 15) is 9.59 Å². The van der Waals surface area contributed by atoms with Crippen LogP contribution in [0.1, 0.15) is 38.9 Å². The molecule has 4 heterocycles. The highest BCUT2D eigenvalue weighted by Gasteiger charge is 2.56. The van der Waals surface area contributed by atoms with Gasteiger partial charge in [0.05, 0.1) is 11.3 Å². The average Bonchev–Trinajstić information content (AvgIpc) is 3.14. The molecule has 1 N–H and O–H groups in total. The van der Waals surface area contributed by atoms with Gasteiger partial charge in [-0.1, -0.05) is 0 Å². The lowest BCUT2D eigenvalue weighted by Crippen LogP contribution is -2.32. The standard InChI is InChI=1S/C21H23N5O3/c1-12-19(29-13(2)24-12)21(28)26-10-16-15(17(16)11-26)5-6-23-20(27)14-3-4-18-22-7-8-25(18)9-14/h3-4,7-9,15-17H,5-6,10-11H2,1-2H3,(H,23,27)/t15-,16-,17+. The van der Waals surface area contributed by atoms with E-state index in [1.165, 1.54) is 0 Å². The Morgan fingerprint density at radius 1 is 1.24 bits per heavy atom. The van der Waals surface area contributed by atoms with Crippen molar-refractivity contribution in [3.63, 3.8) is 0 Å². The van der Waals surface area contributed by atoms with Crippen LogP contribution in [0, 0.1) is 31.6 Å². The second-order valence-electron chi connectivity index (χ2n) is 8.00. The fraction of sp³-hybridized carbons (Fsp3) is 0.429. The molecule has 0 spiro atoms. The number of rotatable bonds is 5. The molecular weight excluding hydrogens is 370 g/mol. The van der Waals surface area contributed by atoms with Crippen LogP contribution in [0.3, 0.4) is 0 Å². The smallest absolute Gasteiger partial charge is 0.291 e. The van der Waals surface area contributed by atoms with Gasteiger partial charge in [0.15, 0.2) is 5.89 Å². The molecule has 0 aromatic carbocycles. The Morgan fingerprint density at radius 2 is 2.03 bits per heavy atom. The molecule has 0 radical (unpaired) electrons. The number of hydrogen-bond donors (Lipinski definition) is 1. The third kappa shape index (κ3) is 3.18. The van der Waals surface area contributed by atoms with Crippen molar-refractivity contribution < 1.29 is 14.0 Å². The molecule has 1 saturated carbocycles. The topological polar surface area (TPSA) is 92.7 Å². The van der Waals surface area contributed by atoms with Gasteiger partial charge in [-0.05, 0) is 43.2 Å². The highest BCUT2D eigenvalue weighted by Crippen LogP contribution is 2.53. The number of fused-ring (bicyclic) bond motifs is 2. The monoisotopic (exact) mass is 393 g/mol. The first-order valence-corrected chi connectivity index (χ1v) is 9.95. The van der Waals surface area contributed by atoms with E-state index < -0.39 is 0 Å². The number of carbonyl (C=O) groups excluding carboxylic acids is 2. The van der Waals surface area contributed by atoms with Crippen molar-refractivity contribution in [1.29, 1.82) is 0 Å². The van der Waals surface area contributed by atoms with Crippen LogP contribution < -0.4 is 5.32 Å². The second-order valence-corrected chi connectivity index (χ2v) is 8.00. The Bertz CT molecular complexity index is 1090. The summed E-state index contributed by atoms with van der Waals surface area (Å²) in [6.07, 6.45) is 6.27. The number of pyridine rings is 1. The van der Waals surface area contributed by atoms with Gasteiger partial charge in [0, 0.05) is 45.1 Å². The SMILES string of the molecule is Cc1nc(C)c(C(=O)N2C[C@@H]3[C@@H](CCNC(=O)c4ccc5nccn5c4)[C@@H]3C2)o1. The van der Waals surface area contributed by atoms with Gasteiger partial charge < -0.3 is 19.0 Å². The van der Waals surface area contributed by atoms with Crippen LogP contribution in [0.2, 0.25) is 0 Å². The molecule has 3 atom stereocenters. The maximum atomic E-state index is 12.6. The molecule has 2 aliphatic rings. The van der Waals surface area contributed by atoms with Crippen LogP contribution in [0.25, 0.3) is 5.65 Å². The summed E-state index contributed by atoms with van der Waals surface area (Å²) < 4.78 is 7.30. The van der Waals surface area contributed by atoms with Crippen molar-refractivity contribution in [2.45, 2.75) is 20.3 Å². The Kier molecular flexibility index (Phi) is 4.15. The molecule has 2 fully saturated rings. The van der Waals surface area contributed by atoms with Crippen LogP contribution in [0.4, 0.5) is 0 Å². The van der Waals surface area contributed by atoms with Crippen molar-refractivity contribution in [1.82, 2.24) is 24.6 Å². The summed E-state index contributed by atoms with van der Waals surface area (Å²) in [5.74, 6) is 2.40. The van der Waals surface area contributed by atoms with Crippen LogP contribution in [0.5, 0.6) is 0 Å². The Morgan fingerprint density at radius 3 is 2.76 bits per heavy atom. The van der Waals surface area contributed by atoms with E-state index in [2.05, 4.69) is 15.3 Å². The third-order valence-corrected chi connectivity index (χ3v) is 6.17. The minimum atomic E-state index is -0.0700. The van der Waals surface area contributed by atoms with Crippen LogP contribution in [-0.2, 0) is 0 Å². The summed E-state index contributed by atoms with van der Waals surface area (Å²) in [4.78, 5) is 35.2. The Labute approximate surface area is 167 Å². The largest absolute Gasteiger partial charge is 0.436 e. The van der Waals surface area contributed by atoms with Crippen molar-refractivity contribution >= 4 is 17.5 Å². The predicted molar refractivity (Wildman–Crippen MR) is 104 cm³/mol. The zero-order valence-corrected chi connectivity index (χ0v) is 16.5. The number of imidazole rings is 1. The van der Waals surface area contributed by atoms with E-state index in [1.807, 2.05) is 21.6 Å². The molecule has 29 heavy (non-hydrogen) atoms. The minimum Gasteiger partial charge on any atom is -0.436 e. The number of oxazole rings is 1. The van der Waals surface area contributed by atoms with Gasteiger partial charge in [-0.3, -0.25) is 9.59 Å². The molecule has 5 rings (SSSR count). The first-order chi connectivity index (χ1) is 14.0. The number of aryl methyl sites for hydroxylation is 2. The third-order valence-electron chi connectivity index (χ3n) is 6.17. The lowest BCUT2D eigenvalue weighted by Gasteiger charge is -2.18. The number of aromatic nitrogens is 3. The van der Waals surface area contributed by atoms with Crippen molar-refractivity contribution in [2.24, 2.45) is 17.8 Å². The lowest BCUT2D eigenvalue weighted by atomic mass is 10.2. The molecular formula is C21H23N5O3. The van der Waals surface area contributed by atoms with E-state index in [1.54, 1.807) is 32.3 Å². The molecule has 8 heteroatoms. The molecule has 8 nitrogen and oxygen atoms in total. The highest BCUT2D eigenvalue weighted by atomic mass is 16.4. The summed E-state index contributed by atoms with van der Waals surface area (Å²) >= 11 is 0. The minimum absolute atomic E-state index is 0.0581. The molecule has 0 bridgehead atoms. The molecule has 1 saturated heterocycles. The normalized spacial score (nSPS) is 22.7. The fourth-order valence-corrected chi connectivity index (χ4v) is 4.63. The Balaban J connectivity index is 1.10. The molecule has 1 aliphatic carbocycles. The van der Waals surface area contributed by atoms with Crippen molar-refractivity contribution in [3.8, 4) is 0 Å². The van der Waals surface area contributed by atoms with Gasteiger partial charge in [-0.15, -0.1) is 0 Å². The second kappa shape index (κ2) is 6.72. The summed E-state index contributed by atoms with van der Waals surface area (Å²) in [6.45, 7) is 5.73. The van der Waals surface area contributed by atoms with E-state index in [0.717, 1.165) is 25.2 Å². The van der Waals surface area contributed by atoms with E-state index in [-0.39, 0.29) is 11.8 Å². The molecule has 1 aliphatic heterocycles. The van der Waals surface area contributed by atoms with Crippen molar-refractivity contribution in [2.75, 3.05) is 19.6 Å². The molecule has 3 aromatic heterocycles. The summed E-state index contributed by atoms with van der Waals surface area (Å²) in [6, 6.07) is 3.63. The lowest BCUT2D eigenvalue weighted by molar-refractivity contribution is 0.0733. The number of likely N-dealkylation sites (tertiary alicyclic amines) is 1. The van der Waals surface area contributed by atoms with Crippen LogP contribution >= 0.6 is 0 Å². The number of nitrogens with one attached hydrogen (secondary N) is 1. The van der Waals surface area contributed by atoms with Crippen LogP contribution in [0.15, 0.2) is 35.1 Å². The maximum absolute atomic E-state index is 12.6. The first kappa shape index (κ1) is 17.9. The zero-order valence-electron chi connectivity index (χ0n) is 16.5. The summed E-state index contributed by atoms with van der Waals surface area (Å²) in [5.41, 5.74) is 2.10. The summed E-state index contributed by atoms with van der Waals surface area (Å²) in [5, 5.41) is 3.01. The summed E-state index contributed by atoms with van der Waals surface area (Å²) in [7, 11) is 0. The van der Waals surface area contributed by atoms with Gasteiger partial charge in [0.2, 0.25) is 5.76 Å². The predicted octanol–water partition coefficient (Wildman–Crippen LogP) is 2.08. The van der Waals surface area contributed by atoms with E-state index in [0.29, 0.717) is 47.2 Å². The molecule has 2 amide bonds. The molecule has 0 unspecified atom stereocenters. The van der Waals surface area contributed by atoms with Crippen molar-refractivity contribution in [3.05, 3.63) is 53.6 Å². The van der Waals surface area contributed by atoms with E-state index in [4.69, 9.17) is 4.42 Å². The maximum Gasteiger partial charge on any atom is 0.291 e. The number of nitrogens with zero attached hydrogens (tertiary/aromatic N) is 4. The van der Waals surface area contributed by atoms with E-state index >= 15 is 0 Å². The number of amides is 2. The first-order valence-electron chi connectivity index (χ1n) is 9.95. The molecule has 150 valence electrons. The van der Waals surface area contributed by atoms with Gasteiger partial charge in [0.1, 0.15) is 5.65 Å². The number of piperidine rings is 1. The highest BCUT2D eigenvalue weighted by molar-refractivity contribution is 5.94.